The van der Waals surface area contributed by atoms with E-state index in [0.29, 0.717) is 0 Å². The normalized spacial score (nSPS) is 11.6. The van der Waals surface area contributed by atoms with E-state index in [0.717, 1.165) is 6.42 Å². The third-order valence-electron chi connectivity index (χ3n) is 2.53. The zero-order valence-electron chi connectivity index (χ0n) is 10.5. The van der Waals surface area contributed by atoms with E-state index in [4.69, 9.17) is 0 Å². The van der Waals surface area contributed by atoms with E-state index in [9.17, 15) is 4.91 Å². The monoisotopic (exact) mass is 223 g/mol. The van der Waals surface area contributed by atoms with E-state index < -0.39 is 0 Å². The molecular weight excluding hydrogens is 198 g/mol. The Balaban J connectivity index is 3.04. The summed E-state index contributed by atoms with van der Waals surface area (Å²) in [6, 6.07) is 0. The molecule has 0 aromatic carbocycles. The Kier molecular flexibility index (Phi) is 13.3. The predicted molar refractivity (Wildman–Crippen MR) is 71.3 cm³/mol. The van der Waals surface area contributed by atoms with Gasteiger partial charge in [0.15, 0.2) is 0 Å². The largest absolute Gasteiger partial charge is 0.145 e. The predicted octanol–water partition coefficient (Wildman–Crippen LogP) is 5.35. The lowest BCUT2D eigenvalue weighted by Gasteiger charge is -1.97. The summed E-state index contributed by atoms with van der Waals surface area (Å²) in [5, 5.41) is 2.68. The van der Waals surface area contributed by atoms with Gasteiger partial charge in [-0.25, -0.2) is 0 Å². The maximum absolute atomic E-state index is 9.74. The SMILES string of the molecule is CCC/C=C/CCCCCCC/C=C\N=O. The summed E-state index contributed by atoms with van der Waals surface area (Å²) in [6.07, 6.45) is 18.9. The molecule has 0 aliphatic carbocycles. The van der Waals surface area contributed by atoms with Gasteiger partial charge in [0.25, 0.3) is 0 Å². The van der Waals surface area contributed by atoms with Crippen molar-refractivity contribution in [2.24, 2.45) is 5.18 Å². The molecule has 0 radical (unpaired) electrons. The molecule has 0 aromatic heterocycles. The van der Waals surface area contributed by atoms with E-state index in [-0.39, 0.29) is 0 Å². The van der Waals surface area contributed by atoms with Crippen molar-refractivity contribution in [1.29, 1.82) is 0 Å². The lowest BCUT2D eigenvalue weighted by molar-refractivity contribution is 0.621. The molecule has 0 rings (SSSR count). The van der Waals surface area contributed by atoms with E-state index in [1.165, 1.54) is 57.6 Å². The second-order valence-electron chi connectivity index (χ2n) is 4.10. The molecule has 0 bridgehead atoms. The molecule has 0 heterocycles. The molecule has 2 nitrogen and oxygen atoms in total. The van der Waals surface area contributed by atoms with Gasteiger partial charge in [-0.3, -0.25) is 0 Å². The van der Waals surface area contributed by atoms with E-state index in [1.54, 1.807) is 0 Å². The summed E-state index contributed by atoms with van der Waals surface area (Å²) in [7, 11) is 0. The fourth-order valence-corrected chi connectivity index (χ4v) is 1.57. The van der Waals surface area contributed by atoms with Crippen molar-refractivity contribution in [1.82, 2.24) is 0 Å². The summed E-state index contributed by atoms with van der Waals surface area (Å²) in [6.45, 7) is 2.21. The Morgan fingerprint density at radius 1 is 0.812 bits per heavy atom. The van der Waals surface area contributed by atoms with Crippen molar-refractivity contribution in [2.75, 3.05) is 0 Å². The van der Waals surface area contributed by atoms with Gasteiger partial charge in [-0.15, -0.1) is 4.91 Å². The van der Waals surface area contributed by atoms with Crippen LogP contribution in [0.5, 0.6) is 0 Å². The van der Waals surface area contributed by atoms with E-state index in [1.807, 2.05) is 6.08 Å². The summed E-state index contributed by atoms with van der Waals surface area (Å²) in [4.78, 5) is 9.74. The number of rotatable bonds is 11. The third-order valence-corrected chi connectivity index (χ3v) is 2.53. The van der Waals surface area contributed by atoms with Gasteiger partial charge in [0.2, 0.25) is 0 Å². The van der Waals surface area contributed by atoms with Gasteiger partial charge in [0, 0.05) is 0 Å². The molecule has 0 aliphatic rings. The van der Waals surface area contributed by atoms with Gasteiger partial charge in [-0.2, -0.15) is 0 Å². The Labute approximate surface area is 99.8 Å². The highest BCUT2D eigenvalue weighted by atomic mass is 16.2. The summed E-state index contributed by atoms with van der Waals surface area (Å²) >= 11 is 0. The van der Waals surface area contributed by atoms with Crippen LogP contribution < -0.4 is 0 Å². The van der Waals surface area contributed by atoms with Crippen molar-refractivity contribution < 1.29 is 0 Å². The first kappa shape index (κ1) is 15.1. The molecule has 0 atom stereocenters. The molecule has 0 fully saturated rings. The first-order valence-electron chi connectivity index (χ1n) is 6.54. The van der Waals surface area contributed by atoms with Crippen LogP contribution in [0.3, 0.4) is 0 Å². The number of nitroso groups, excluding NO2 is 1. The molecule has 2 heteroatoms. The lowest BCUT2D eigenvalue weighted by atomic mass is 10.1. The number of hydrogen-bond acceptors (Lipinski definition) is 2. The third kappa shape index (κ3) is 13.1. The van der Waals surface area contributed by atoms with Gasteiger partial charge in [0.1, 0.15) is 0 Å². The van der Waals surface area contributed by atoms with Crippen LogP contribution in [0.15, 0.2) is 29.6 Å². The summed E-state index contributed by atoms with van der Waals surface area (Å²) < 4.78 is 0. The molecule has 0 unspecified atom stereocenters. The summed E-state index contributed by atoms with van der Waals surface area (Å²) in [5.74, 6) is 0. The highest BCUT2D eigenvalue weighted by Crippen LogP contribution is 2.08. The van der Waals surface area contributed by atoms with Crippen molar-refractivity contribution in [3.8, 4) is 0 Å². The fourth-order valence-electron chi connectivity index (χ4n) is 1.57. The zero-order valence-corrected chi connectivity index (χ0v) is 10.5. The summed E-state index contributed by atoms with van der Waals surface area (Å²) in [5.41, 5.74) is 0. The van der Waals surface area contributed by atoms with Crippen molar-refractivity contribution in [3.05, 3.63) is 29.3 Å². The molecule has 0 spiro atoms. The number of unbranched alkanes of at least 4 members (excludes halogenated alkanes) is 7. The molecule has 0 saturated carbocycles. The van der Waals surface area contributed by atoms with Gasteiger partial charge >= 0.3 is 0 Å². The zero-order chi connectivity index (χ0) is 11.9. The quantitative estimate of drug-likeness (QED) is 0.263. The number of hydrogen-bond donors (Lipinski definition) is 0. The van der Waals surface area contributed by atoms with E-state index >= 15 is 0 Å². The maximum Gasteiger partial charge on any atom is 0.0675 e. The molecule has 0 aliphatic heterocycles. The first-order valence-corrected chi connectivity index (χ1v) is 6.54. The highest BCUT2D eigenvalue weighted by Gasteiger charge is 1.88. The van der Waals surface area contributed by atoms with Crippen LogP contribution in [0.1, 0.15) is 64.7 Å². The molecular formula is C14H25NO. The van der Waals surface area contributed by atoms with Crippen LogP contribution in [0, 0.1) is 4.91 Å². The molecule has 0 saturated heterocycles. The minimum absolute atomic E-state index is 0.988. The van der Waals surface area contributed by atoms with Crippen molar-refractivity contribution >= 4 is 0 Å². The Morgan fingerprint density at radius 2 is 1.38 bits per heavy atom. The minimum atomic E-state index is 0.988. The highest BCUT2D eigenvalue weighted by molar-refractivity contribution is 4.81. The van der Waals surface area contributed by atoms with Crippen LogP contribution in [0.2, 0.25) is 0 Å². The second-order valence-corrected chi connectivity index (χ2v) is 4.10. The smallest absolute Gasteiger partial charge is 0.0675 e. The lowest BCUT2D eigenvalue weighted by Crippen LogP contribution is -1.78. The Hall–Kier alpha value is -0.920. The fraction of sp³-hybridized carbons (Fsp3) is 0.714. The average Bonchev–Trinajstić information content (AvgIpc) is 2.31. The van der Waals surface area contributed by atoms with Crippen LogP contribution >= 0.6 is 0 Å². The second kappa shape index (κ2) is 14.1. The first-order chi connectivity index (χ1) is 7.91. The van der Waals surface area contributed by atoms with Crippen LogP contribution in [-0.4, -0.2) is 0 Å². The Bertz CT molecular complexity index is 197. The van der Waals surface area contributed by atoms with Crippen molar-refractivity contribution in [2.45, 2.75) is 64.7 Å². The standard InChI is InChI=1S/C14H25NO/c1-2-3-4-5-6-7-8-9-10-11-12-13-14-15-16/h4-5,13-14H,2-3,6-12H2,1H3/b5-4+,14-13-. The number of allylic oxidation sites excluding steroid dienone is 3. The van der Waals surface area contributed by atoms with Gasteiger partial charge < -0.3 is 0 Å². The molecule has 0 amide bonds. The molecule has 92 valence electrons. The number of nitrogens with zero attached hydrogens (tertiary/aromatic N) is 1. The molecule has 0 N–H and O–H groups in total. The molecule has 0 aromatic rings. The average molecular weight is 223 g/mol. The maximum atomic E-state index is 9.74. The minimum Gasteiger partial charge on any atom is -0.145 e. The van der Waals surface area contributed by atoms with E-state index in [2.05, 4.69) is 24.3 Å². The Morgan fingerprint density at radius 3 is 2.00 bits per heavy atom. The van der Waals surface area contributed by atoms with Crippen molar-refractivity contribution in [3.63, 3.8) is 0 Å². The van der Waals surface area contributed by atoms with Crippen LogP contribution in [0.25, 0.3) is 0 Å². The van der Waals surface area contributed by atoms with Crippen LogP contribution in [0.4, 0.5) is 0 Å². The topological polar surface area (TPSA) is 29.4 Å². The van der Waals surface area contributed by atoms with Gasteiger partial charge in [-0.05, 0) is 37.3 Å². The molecule has 16 heavy (non-hydrogen) atoms. The van der Waals surface area contributed by atoms with Crippen LogP contribution in [-0.2, 0) is 0 Å². The van der Waals surface area contributed by atoms with Gasteiger partial charge in [-0.1, -0.05) is 50.8 Å². The van der Waals surface area contributed by atoms with Gasteiger partial charge in [0.05, 0.1) is 6.20 Å².